The predicted octanol–water partition coefficient (Wildman–Crippen LogP) is 5.92. The molecular weight excluding hydrogens is 377 g/mol. The van der Waals surface area contributed by atoms with Gasteiger partial charge in [0.1, 0.15) is 5.82 Å². The summed E-state index contributed by atoms with van der Waals surface area (Å²) in [6, 6.07) is 42.4. The van der Waals surface area contributed by atoms with Gasteiger partial charge in [-0.1, -0.05) is 78.9 Å². The lowest BCUT2D eigenvalue weighted by Gasteiger charge is -2.29. The Morgan fingerprint density at radius 3 is 1.90 bits per heavy atom. The molecule has 31 heavy (non-hydrogen) atoms. The van der Waals surface area contributed by atoms with Crippen LogP contribution in [0.1, 0.15) is 0 Å². The number of nitrogens with zero attached hydrogens (tertiary/aromatic N) is 3. The van der Waals surface area contributed by atoms with E-state index in [-0.39, 0.29) is 6.98 Å². The van der Waals surface area contributed by atoms with Gasteiger partial charge in [0, 0.05) is 11.1 Å². The monoisotopic (exact) mass is 397 g/mol. The van der Waals surface area contributed by atoms with Crippen molar-refractivity contribution in [3.63, 3.8) is 0 Å². The Morgan fingerprint density at radius 2 is 1.13 bits per heavy atom. The number of fused-ring (bicyclic) bond motifs is 2. The van der Waals surface area contributed by atoms with Crippen LogP contribution in [0.25, 0.3) is 10.9 Å². The van der Waals surface area contributed by atoms with E-state index in [9.17, 15) is 0 Å². The minimum absolute atomic E-state index is 0.0327. The van der Waals surface area contributed by atoms with Crippen LogP contribution >= 0.6 is 0 Å². The lowest BCUT2D eigenvalue weighted by molar-refractivity contribution is 1.29. The zero-order valence-corrected chi connectivity index (χ0v) is 17.0. The van der Waals surface area contributed by atoms with Gasteiger partial charge in [0.05, 0.1) is 16.9 Å². The molecule has 1 aliphatic heterocycles. The fourth-order valence-corrected chi connectivity index (χ4v) is 4.48. The lowest BCUT2D eigenvalue weighted by atomic mass is 9.65. The fourth-order valence-electron chi connectivity index (χ4n) is 4.48. The van der Waals surface area contributed by atoms with E-state index in [1.165, 1.54) is 11.2 Å². The largest absolute Gasteiger partial charge is 0.421 e. The van der Waals surface area contributed by atoms with Crippen molar-refractivity contribution in [3.05, 3.63) is 121 Å². The summed E-state index contributed by atoms with van der Waals surface area (Å²) in [5.41, 5.74) is 5.72. The van der Waals surface area contributed by atoms with Crippen LogP contribution in [0.5, 0.6) is 0 Å². The molecule has 6 rings (SSSR count). The van der Waals surface area contributed by atoms with Gasteiger partial charge in [-0.05, 0) is 47.9 Å². The molecule has 146 valence electrons. The Hall–Kier alpha value is -4.05. The van der Waals surface area contributed by atoms with Gasteiger partial charge in [0.2, 0.25) is 0 Å². The second-order valence-corrected chi connectivity index (χ2v) is 7.71. The third-order valence-corrected chi connectivity index (χ3v) is 5.85. The zero-order valence-electron chi connectivity index (χ0n) is 17.0. The molecule has 0 fully saturated rings. The molecule has 4 heteroatoms. The van der Waals surface area contributed by atoms with Crippen LogP contribution in [0.2, 0.25) is 0 Å². The second kappa shape index (κ2) is 7.33. The van der Waals surface area contributed by atoms with E-state index in [4.69, 9.17) is 4.98 Å². The van der Waals surface area contributed by atoms with Crippen LogP contribution in [-0.2, 0) is 0 Å². The van der Waals surface area contributed by atoms with Crippen LogP contribution in [0.3, 0.4) is 0 Å². The molecule has 0 radical (unpaired) electrons. The van der Waals surface area contributed by atoms with Crippen molar-refractivity contribution in [2.45, 2.75) is 0 Å². The SMILES string of the molecule is c1ccc(B2N(c3ccccc3)c3ccccc3N2c2ccc3ccccc3n2)cc1. The first-order valence-corrected chi connectivity index (χ1v) is 10.5. The van der Waals surface area contributed by atoms with Crippen LogP contribution in [0.4, 0.5) is 22.9 Å². The molecule has 0 amide bonds. The van der Waals surface area contributed by atoms with Crippen LogP contribution in [-0.4, -0.2) is 12.0 Å². The predicted molar refractivity (Wildman–Crippen MR) is 131 cm³/mol. The van der Waals surface area contributed by atoms with E-state index in [2.05, 4.69) is 125 Å². The molecule has 1 aliphatic rings. The maximum absolute atomic E-state index is 5.06. The number of rotatable bonds is 3. The number of hydrogen-bond donors (Lipinski definition) is 0. The van der Waals surface area contributed by atoms with E-state index in [0.717, 1.165) is 28.1 Å². The highest BCUT2D eigenvalue weighted by molar-refractivity contribution is 6.84. The van der Waals surface area contributed by atoms with Gasteiger partial charge in [-0.3, -0.25) is 0 Å². The van der Waals surface area contributed by atoms with Crippen LogP contribution in [0, 0.1) is 0 Å². The molecule has 0 N–H and O–H groups in total. The van der Waals surface area contributed by atoms with Crippen molar-refractivity contribution in [2.75, 3.05) is 9.62 Å². The summed E-state index contributed by atoms with van der Waals surface area (Å²) in [7, 11) is 0. The summed E-state index contributed by atoms with van der Waals surface area (Å²) in [4.78, 5) is 9.81. The molecule has 4 aromatic carbocycles. The Kier molecular flexibility index (Phi) is 4.21. The Morgan fingerprint density at radius 1 is 0.516 bits per heavy atom. The average molecular weight is 397 g/mol. The van der Waals surface area contributed by atoms with Crippen LogP contribution < -0.4 is 15.1 Å². The number of anilines is 4. The van der Waals surface area contributed by atoms with Crippen molar-refractivity contribution in [2.24, 2.45) is 0 Å². The number of hydrogen-bond acceptors (Lipinski definition) is 3. The minimum atomic E-state index is -0.0327. The molecule has 1 aromatic heterocycles. The molecule has 0 unspecified atom stereocenters. The van der Waals surface area contributed by atoms with Gasteiger partial charge >= 0.3 is 6.98 Å². The molecule has 3 nitrogen and oxygen atoms in total. The first-order valence-electron chi connectivity index (χ1n) is 10.5. The molecule has 0 saturated carbocycles. The van der Waals surface area contributed by atoms with Crippen molar-refractivity contribution >= 4 is 46.2 Å². The van der Waals surface area contributed by atoms with Crippen molar-refractivity contribution < 1.29 is 0 Å². The third kappa shape index (κ3) is 2.96. The highest BCUT2D eigenvalue weighted by atomic mass is 15.3. The summed E-state index contributed by atoms with van der Waals surface area (Å²) in [6.07, 6.45) is 0. The van der Waals surface area contributed by atoms with Gasteiger partial charge in [-0.2, -0.15) is 0 Å². The number of aromatic nitrogens is 1. The molecule has 5 aromatic rings. The van der Waals surface area contributed by atoms with E-state index in [0.29, 0.717) is 0 Å². The van der Waals surface area contributed by atoms with E-state index >= 15 is 0 Å². The first kappa shape index (κ1) is 17.8. The lowest BCUT2D eigenvalue weighted by Crippen LogP contribution is -2.53. The quantitative estimate of drug-likeness (QED) is 0.352. The summed E-state index contributed by atoms with van der Waals surface area (Å²) in [5, 5.41) is 1.15. The summed E-state index contributed by atoms with van der Waals surface area (Å²) >= 11 is 0. The standard InChI is InChI=1S/C27H20BN3/c1-3-12-22(13-4-1)28-30(23-14-5-2-6-15-23)25-17-9-10-18-26(25)31(28)27-20-19-21-11-7-8-16-24(21)29-27/h1-20H. The molecule has 0 atom stereocenters. The fraction of sp³-hybridized carbons (Fsp3) is 0. The number of para-hydroxylation sites is 4. The van der Waals surface area contributed by atoms with Gasteiger partial charge in [0.25, 0.3) is 0 Å². The first-order chi connectivity index (χ1) is 15.4. The highest BCUT2D eigenvalue weighted by Gasteiger charge is 2.43. The Balaban J connectivity index is 1.61. The second-order valence-electron chi connectivity index (χ2n) is 7.71. The van der Waals surface area contributed by atoms with Gasteiger partial charge in [-0.15, -0.1) is 0 Å². The van der Waals surface area contributed by atoms with Crippen molar-refractivity contribution in [1.29, 1.82) is 0 Å². The summed E-state index contributed by atoms with van der Waals surface area (Å²) in [5.74, 6) is 0.943. The van der Waals surface area contributed by atoms with E-state index < -0.39 is 0 Å². The van der Waals surface area contributed by atoms with Gasteiger partial charge in [-0.25, -0.2) is 4.98 Å². The van der Waals surface area contributed by atoms with Gasteiger partial charge in [0.15, 0.2) is 0 Å². The number of benzene rings is 4. The van der Waals surface area contributed by atoms with Crippen LogP contribution in [0.15, 0.2) is 121 Å². The highest BCUT2D eigenvalue weighted by Crippen LogP contribution is 2.45. The topological polar surface area (TPSA) is 19.4 Å². The molecule has 0 spiro atoms. The normalized spacial score (nSPS) is 13.0. The smallest absolute Gasteiger partial charge is 0.360 e. The molecule has 0 bridgehead atoms. The van der Waals surface area contributed by atoms with E-state index in [1.807, 2.05) is 6.07 Å². The maximum Gasteiger partial charge on any atom is 0.421 e. The molecule has 0 saturated heterocycles. The average Bonchev–Trinajstić information content (AvgIpc) is 3.20. The molecule has 2 heterocycles. The van der Waals surface area contributed by atoms with Crippen molar-refractivity contribution in [1.82, 2.24) is 4.98 Å². The zero-order chi connectivity index (χ0) is 20.6. The Labute approximate surface area is 182 Å². The Bertz CT molecular complexity index is 1350. The summed E-state index contributed by atoms with van der Waals surface area (Å²) < 4.78 is 0. The van der Waals surface area contributed by atoms with E-state index in [1.54, 1.807) is 0 Å². The third-order valence-electron chi connectivity index (χ3n) is 5.85. The van der Waals surface area contributed by atoms with Gasteiger partial charge < -0.3 is 9.62 Å². The maximum atomic E-state index is 5.06. The summed E-state index contributed by atoms with van der Waals surface area (Å²) in [6.45, 7) is -0.0327. The van der Waals surface area contributed by atoms with Crippen molar-refractivity contribution in [3.8, 4) is 0 Å². The molecule has 0 aliphatic carbocycles. The molecular formula is C27H20BN3. The number of pyridine rings is 1. The minimum Gasteiger partial charge on any atom is -0.360 e.